The quantitative estimate of drug-likeness (QED) is 0.511. The molecule has 2 unspecified atom stereocenters. The number of halogens is 2. The molecule has 0 nitrogen and oxygen atoms in total. The second kappa shape index (κ2) is 8.51. The minimum Gasteiger partial charge on any atom is -1.00 e. The molecule has 2 aromatic rings. The molecule has 1 aliphatic heterocycles. The van der Waals surface area contributed by atoms with Gasteiger partial charge in [0.2, 0.25) is 0 Å². The summed E-state index contributed by atoms with van der Waals surface area (Å²) in [6.07, 6.45) is 0. The molecule has 2 atom stereocenters. The summed E-state index contributed by atoms with van der Waals surface area (Å²) in [6.45, 7) is 15.1. The van der Waals surface area contributed by atoms with Crippen molar-refractivity contribution < 1.29 is 48.0 Å². The zero-order valence-electron chi connectivity index (χ0n) is 18.7. The van der Waals surface area contributed by atoms with Crippen molar-refractivity contribution in [2.45, 2.75) is 48.0 Å². The third-order valence-corrected chi connectivity index (χ3v) is 15.4. The molecule has 0 amide bonds. The predicted octanol–water partition coefficient (Wildman–Crippen LogP) is 1.21. The summed E-state index contributed by atoms with van der Waals surface area (Å²) in [6, 6.07) is 18.9. The summed E-state index contributed by atoms with van der Waals surface area (Å²) in [4.78, 5) is 0. The Morgan fingerprint density at radius 2 is 1.03 bits per heavy atom. The molecule has 30 heavy (non-hydrogen) atoms. The Morgan fingerprint density at radius 3 is 1.40 bits per heavy atom. The average Bonchev–Trinajstić information content (AvgIpc) is 3.17. The number of allylic oxidation sites excluding steroid dienone is 2. The summed E-state index contributed by atoms with van der Waals surface area (Å²) >= 11 is -0.740. The van der Waals surface area contributed by atoms with E-state index in [1.54, 1.807) is 32.6 Å². The van der Waals surface area contributed by atoms with Gasteiger partial charge in [0.05, 0.1) is 0 Å². The van der Waals surface area contributed by atoms with Gasteiger partial charge in [-0.3, -0.25) is 0 Å². The normalized spacial score (nSPS) is 22.4. The zero-order valence-corrected chi connectivity index (χ0v) is 23.7. The molecular weight excluding hydrogens is 503 g/mol. The van der Waals surface area contributed by atoms with Crippen LogP contribution in [0.25, 0.3) is 10.4 Å². The Labute approximate surface area is 207 Å². The van der Waals surface area contributed by atoms with Gasteiger partial charge in [0, 0.05) is 0 Å². The Kier molecular flexibility index (Phi) is 6.88. The van der Waals surface area contributed by atoms with Crippen molar-refractivity contribution in [1.29, 1.82) is 0 Å². The first kappa shape index (κ1) is 24.2. The van der Waals surface area contributed by atoms with Crippen LogP contribution >= 0.6 is 0 Å². The van der Waals surface area contributed by atoms with E-state index in [9.17, 15) is 0 Å². The number of benzene rings is 2. The minimum atomic E-state index is -1.82. The van der Waals surface area contributed by atoms with E-state index in [0.717, 1.165) is 7.25 Å². The maximum atomic E-state index is 2.65. The van der Waals surface area contributed by atoms with Gasteiger partial charge < -0.3 is 24.8 Å². The van der Waals surface area contributed by atoms with E-state index in [2.05, 4.69) is 89.3 Å². The van der Waals surface area contributed by atoms with Gasteiger partial charge in [0.25, 0.3) is 0 Å². The molecule has 156 valence electrons. The third kappa shape index (κ3) is 3.24. The van der Waals surface area contributed by atoms with Crippen LogP contribution in [-0.4, -0.2) is 8.07 Å². The van der Waals surface area contributed by atoms with Crippen molar-refractivity contribution in [1.82, 2.24) is 0 Å². The van der Waals surface area contributed by atoms with Gasteiger partial charge >= 0.3 is 184 Å². The fraction of sp³-hybridized carbons (Fsp3) is 0.385. The molecule has 0 spiro atoms. The Bertz CT molecular complexity index is 967. The number of hydrogen-bond acceptors (Lipinski definition) is 0. The summed E-state index contributed by atoms with van der Waals surface area (Å²) in [5, 5.41) is 3.60. The smallest absolute Gasteiger partial charge is 1.00 e. The van der Waals surface area contributed by atoms with Crippen LogP contribution in [0, 0.1) is 11.8 Å². The molecular formula is C26H30Cl2SiZr. The Balaban J connectivity index is 0.00000128. The summed E-state index contributed by atoms with van der Waals surface area (Å²) in [7, 11) is -1.82. The second-order valence-electron chi connectivity index (χ2n) is 9.80. The number of hydrogen-bond donors (Lipinski definition) is 0. The molecule has 0 N–H and O–H groups in total. The first-order valence-electron chi connectivity index (χ1n) is 10.8. The maximum Gasteiger partial charge on any atom is -1.00 e. The van der Waals surface area contributed by atoms with E-state index >= 15 is 0 Å². The molecule has 4 heteroatoms. The molecule has 4 bridgehead atoms. The standard InChI is InChI=1S/C26H30Si.2ClH.Zr/c1-17(2)23-15-19-11-7-9-13-21(19)25(23)27(5,6)26-22-14-10-8-12-20(22)16-24(26)18(3)4;;;/h7-18H,1-6H3;2*1H;/q;;;+2/p-2. The van der Waals surface area contributed by atoms with Gasteiger partial charge in [-0.2, -0.15) is 0 Å². The molecule has 3 aliphatic rings. The third-order valence-electron chi connectivity index (χ3n) is 7.11. The summed E-state index contributed by atoms with van der Waals surface area (Å²) in [5.41, 5.74) is 10.3. The van der Waals surface area contributed by atoms with Crippen molar-refractivity contribution in [2.24, 2.45) is 11.8 Å². The summed E-state index contributed by atoms with van der Waals surface area (Å²) in [5.74, 6) is 1.31. The van der Waals surface area contributed by atoms with Gasteiger partial charge in [-0.05, 0) is 0 Å². The van der Waals surface area contributed by atoms with Gasteiger partial charge in [0.15, 0.2) is 0 Å². The van der Waals surface area contributed by atoms with Crippen LogP contribution in [0.5, 0.6) is 0 Å². The van der Waals surface area contributed by atoms with Crippen LogP contribution < -0.4 is 24.8 Å². The van der Waals surface area contributed by atoms with Crippen molar-refractivity contribution in [3.63, 3.8) is 0 Å². The SMILES string of the molecule is CC(C)C1=C2c3ccccc3[CH]1[Zr+2][CH]1C(C(C)C)=C(c3ccccc31)[Si]2(C)C.[Cl-].[Cl-]. The van der Waals surface area contributed by atoms with E-state index in [-0.39, 0.29) is 24.8 Å². The van der Waals surface area contributed by atoms with Crippen molar-refractivity contribution >= 4 is 18.5 Å². The van der Waals surface area contributed by atoms with E-state index in [0.29, 0.717) is 11.8 Å². The maximum absolute atomic E-state index is 2.65. The molecule has 0 radical (unpaired) electrons. The van der Waals surface area contributed by atoms with Gasteiger partial charge in [0.1, 0.15) is 0 Å². The first-order chi connectivity index (χ1) is 13.3. The van der Waals surface area contributed by atoms with Crippen molar-refractivity contribution in [3.05, 3.63) is 81.9 Å². The Morgan fingerprint density at radius 1 is 0.667 bits per heavy atom. The van der Waals surface area contributed by atoms with Gasteiger partial charge in [-0.25, -0.2) is 0 Å². The van der Waals surface area contributed by atoms with Crippen LogP contribution in [0.4, 0.5) is 0 Å². The predicted molar refractivity (Wildman–Crippen MR) is 119 cm³/mol. The molecule has 1 heterocycles. The topological polar surface area (TPSA) is 0 Å². The number of rotatable bonds is 2. The van der Waals surface area contributed by atoms with Gasteiger partial charge in [-0.15, -0.1) is 0 Å². The molecule has 2 aliphatic carbocycles. The molecule has 5 rings (SSSR count). The fourth-order valence-electron chi connectivity index (χ4n) is 6.18. The van der Waals surface area contributed by atoms with E-state index in [4.69, 9.17) is 0 Å². The van der Waals surface area contributed by atoms with E-state index in [1.807, 2.05) is 11.1 Å². The van der Waals surface area contributed by atoms with Crippen LogP contribution in [0.2, 0.25) is 13.1 Å². The minimum absolute atomic E-state index is 0. The fourth-order valence-corrected chi connectivity index (χ4v) is 17.4. The molecule has 0 saturated heterocycles. The monoisotopic (exact) mass is 530 g/mol. The van der Waals surface area contributed by atoms with Crippen molar-refractivity contribution in [2.75, 3.05) is 0 Å². The molecule has 2 aromatic carbocycles. The van der Waals surface area contributed by atoms with Crippen LogP contribution in [0.3, 0.4) is 0 Å². The largest absolute Gasteiger partial charge is 1.00 e. The Hall–Kier alpha value is -0.400. The summed E-state index contributed by atoms with van der Waals surface area (Å²) < 4.78 is 1.51. The van der Waals surface area contributed by atoms with Crippen LogP contribution in [-0.2, 0) is 23.2 Å². The number of fused-ring (bicyclic) bond motifs is 8. The van der Waals surface area contributed by atoms with Crippen LogP contribution in [0.1, 0.15) is 57.2 Å². The van der Waals surface area contributed by atoms with E-state index in [1.165, 1.54) is 0 Å². The molecule has 0 fully saturated rings. The van der Waals surface area contributed by atoms with Crippen LogP contribution in [0.15, 0.2) is 59.7 Å². The molecule has 0 saturated carbocycles. The zero-order chi connectivity index (χ0) is 19.8. The van der Waals surface area contributed by atoms with Gasteiger partial charge in [-0.1, -0.05) is 0 Å². The second-order valence-corrected chi connectivity index (χ2v) is 17.7. The molecule has 0 aromatic heterocycles. The first-order valence-corrected chi connectivity index (χ1v) is 16.6. The van der Waals surface area contributed by atoms with Crippen molar-refractivity contribution in [3.8, 4) is 0 Å². The van der Waals surface area contributed by atoms with E-state index < -0.39 is 31.3 Å². The average molecular weight is 533 g/mol.